The number of anilines is 1. The van der Waals surface area contributed by atoms with Crippen molar-refractivity contribution in [2.24, 2.45) is 5.92 Å². The Morgan fingerprint density at radius 3 is 2.38 bits per heavy atom. The summed E-state index contributed by atoms with van der Waals surface area (Å²) in [5.41, 5.74) is -0.689. The van der Waals surface area contributed by atoms with Gasteiger partial charge >= 0.3 is 5.97 Å². The lowest BCUT2D eigenvalue weighted by molar-refractivity contribution is -0.149. The number of aliphatic carboxylic acids is 1. The van der Waals surface area contributed by atoms with Gasteiger partial charge in [0.05, 0.1) is 0 Å². The molecule has 9 heteroatoms. The number of carboxylic acid groups (broad SMARTS) is 1. The Morgan fingerprint density at radius 1 is 1.12 bits per heavy atom. The van der Waals surface area contributed by atoms with E-state index in [0.717, 1.165) is 25.0 Å². The number of rotatable bonds is 7. The van der Waals surface area contributed by atoms with Gasteiger partial charge in [0.2, 0.25) is 0 Å². The highest BCUT2D eigenvalue weighted by Crippen LogP contribution is 2.56. The van der Waals surface area contributed by atoms with Crippen LogP contribution in [0.25, 0.3) is 0 Å². The summed E-state index contributed by atoms with van der Waals surface area (Å²) in [5, 5.41) is 14.0. The van der Waals surface area contributed by atoms with Gasteiger partial charge in [-0.05, 0) is 61.4 Å². The van der Waals surface area contributed by atoms with Gasteiger partial charge in [0.15, 0.2) is 0 Å². The molecule has 2 unspecified atom stereocenters. The third kappa shape index (κ3) is 3.69. The Morgan fingerprint density at radius 2 is 1.82 bits per heavy atom. The first-order valence-corrected chi connectivity index (χ1v) is 11.7. The highest BCUT2D eigenvalue weighted by atomic mass is 35.5. The lowest BCUT2D eigenvalue weighted by Crippen LogP contribution is -2.66. The molecule has 0 bridgehead atoms. The minimum absolute atomic E-state index is 0.0141. The standard InChI is InChI=1S/C25H23ClF2N2O4/c26-14-1-4-19-21(11-14)30(23(32)13-9-15(27)12-16(28)10-13)20-6-5-18(20)22(19)25(7-8-31,24(33)34)29-17-2-3-17/h1,4,8-12,17-18,20,22,29H,2-3,5-7H2,(H,33,34)/t18-,20+,22?,25?/m0/s1. The third-order valence-electron chi connectivity index (χ3n) is 7.32. The maximum absolute atomic E-state index is 13.9. The zero-order valence-corrected chi connectivity index (χ0v) is 18.9. The number of carboxylic acids is 1. The molecule has 3 aliphatic rings. The molecule has 0 spiro atoms. The van der Waals surface area contributed by atoms with Gasteiger partial charge < -0.3 is 14.8 Å². The van der Waals surface area contributed by atoms with Crippen LogP contribution in [0, 0.1) is 17.6 Å². The fourth-order valence-electron chi connectivity index (χ4n) is 5.60. The zero-order valence-electron chi connectivity index (χ0n) is 18.1. The molecule has 2 aliphatic carbocycles. The molecule has 2 saturated carbocycles. The predicted octanol–water partition coefficient (Wildman–Crippen LogP) is 4.31. The van der Waals surface area contributed by atoms with Crippen LogP contribution in [-0.4, -0.2) is 40.9 Å². The number of halogens is 3. The van der Waals surface area contributed by atoms with E-state index in [9.17, 15) is 28.3 Å². The molecule has 5 rings (SSSR count). The van der Waals surface area contributed by atoms with Crippen LogP contribution in [0.5, 0.6) is 0 Å². The number of nitrogens with zero attached hydrogens (tertiary/aromatic N) is 1. The van der Waals surface area contributed by atoms with Gasteiger partial charge in [0.1, 0.15) is 23.5 Å². The van der Waals surface area contributed by atoms with E-state index in [2.05, 4.69) is 5.32 Å². The van der Waals surface area contributed by atoms with Crippen molar-refractivity contribution in [2.45, 2.75) is 55.6 Å². The predicted molar refractivity (Wildman–Crippen MR) is 121 cm³/mol. The number of hydrogen-bond donors (Lipinski definition) is 2. The summed E-state index contributed by atoms with van der Waals surface area (Å²) in [6.07, 6.45) is 3.31. The van der Waals surface area contributed by atoms with E-state index in [1.54, 1.807) is 18.2 Å². The van der Waals surface area contributed by atoms with Gasteiger partial charge in [-0.2, -0.15) is 0 Å². The van der Waals surface area contributed by atoms with Gasteiger partial charge in [0, 0.05) is 46.8 Å². The van der Waals surface area contributed by atoms with Gasteiger partial charge in [0.25, 0.3) is 5.91 Å². The highest BCUT2D eigenvalue weighted by molar-refractivity contribution is 6.31. The van der Waals surface area contributed by atoms with Crippen LogP contribution in [0.3, 0.4) is 0 Å². The van der Waals surface area contributed by atoms with Crippen LogP contribution >= 0.6 is 11.6 Å². The first-order chi connectivity index (χ1) is 16.2. The zero-order chi connectivity index (χ0) is 24.2. The Balaban J connectivity index is 1.66. The molecular formula is C25H23ClF2N2O4. The summed E-state index contributed by atoms with van der Waals surface area (Å²) < 4.78 is 27.8. The summed E-state index contributed by atoms with van der Waals surface area (Å²) in [6, 6.07) is 7.19. The third-order valence-corrected chi connectivity index (χ3v) is 7.56. The highest BCUT2D eigenvalue weighted by Gasteiger charge is 2.59. The number of amides is 1. The van der Waals surface area contributed by atoms with Gasteiger partial charge in [-0.25, -0.2) is 8.78 Å². The molecule has 4 atom stereocenters. The molecule has 6 nitrogen and oxygen atoms in total. The Bertz CT molecular complexity index is 1170. The Labute approximate surface area is 199 Å². The fourth-order valence-corrected chi connectivity index (χ4v) is 5.77. The minimum atomic E-state index is -1.53. The number of aldehydes is 1. The minimum Gasteiger partial charge on any atom is -0.480 e. The molecular weight excluding hydrogens is 466 g/mol. The Kier molecular flexibility index (Phi) is 5.68. The van der Waals surface area contributed by atoms with Gasteiger partial charge in [-0.1, -0.05) is 17.7 Å². The number of fused-ring (bicyclic) bond motifs is 2. The molecule has 1 aliphatic heterocycles. The van der Waals surface area contributed by atoms with Crippen molar-refractivity contribution in [3.05, 3.63) is 64.2 Å². The van der Waals surface area contributed by atoms with Crippen molar-refractivity contribution in [1.82, 2.24) is 5.32 Å². The van der Waals surface area contributed by atoms with Crippen LogP contribution in [0.1, 0.15) is 53.9 Å². The van der Waals surface area contributed by atoms with E-state index < -0.39 is 35.0 Å². The largest absolute Gasteiger partial charge is 0.480 e. The number of carbonyl (C=O) groups excluding carboxylic acids is 2. The summed E-state index contributed by atoms with van der Waals surface area (Å²) in [4.78, 5) is 39.5. The van der Waals surface area contributed by atoms with Crippen molar-refractivity contribution >= 4 is 35.5 Å². The van der Waals surface area contributed by atoms with E-state index in [4.69, 9.17) is 11.6 Å². The number of carbonyl (C=O) groups is 3. The summed E-state index contributed by atoms with van der Waals surface area (Å²) in [5.74, 6) is -4.26. The number of benzene rings is 2. The van der Waals surface area contributed by atoms with Crippen molar-refractivity contribution in [2.75, 3.05) is 4.90 Å². The molecule has 1 heterocycles. The number of hydrogen-bond acceptors (Lipinski definition) is 4. The normalized spacial score (nSPS) is 24.9. The molecule has 2 aromatic carbocycles. The van der Waals surface area contributed by atoms with Gasteiger partial charge in [-0.3, -0.25) is 14.9 Å². The first kappa shape index (κ1) is 22.9. The van der Waals surface area contributed by atoms with Crippen LogP contribution in [-0.2, 0) is 9.59 Å². The fraction of sp³-hybridized carbons (Fsp3) is 0.400. The van der Waals surface area contributed by atoms with Crippen LogP contribution in [0.15, 0.2) is 36.4 Å². The molecule has 34 heavy (non-hydrogen) atoms. The van der Waals surface area contributed by atoms with Crippen LogP contribution in [0.4, 0.5) is 14.5 Å². The summed E-state index contributed by atoms with van der Waals surface area (Å²) in [7, 11) is 0. The average molecular weight is 489 g/mol. The molecule has 2 aromatic rings. The SMILES string of the molecule is O=CCC(NC1CC1)(C(=O)O)C1c2ccc(Cl)cc2N(C(=O)c2cc(F)cc(F)c2)[C@@H]2CC[C@H]12. The molecule has 0 aromatic heterocycles. The monoisotopic (exact) mass is 488 g/mol. The molecule has 178 valence electrons. The average Bonchev–Trinajstić information content (AvgIpc) is 3.56. The van der Waals surface area contributed by atoms with E-state index in [0.29, 0.717) is 41.5 Å². The maximum Gasteiger partial charge on any atom is 0.325 e. The van der Waals surface area contributed by atoms with E-state index in [-0.39, 0.29) is 30.0 Å². The second-order valence-corrected chi connectivity index (χ2v) is 9.82. The molecule has 0 saturated heterocycles. The summed E-state index contributed by atoms with van der Waals surface area (Å²) in [6.45, 7) is 0. The smallest absolute Gasteiger partial charge is 0.325 e. The lowest BCUT2D eigenvalue weighted by Gasteiger charge is -2.56. The van der Waals surface area contributed by atoms with E-state index in [1.807, 2.05) is 0 Å². The van der Waals surface area contributed by atoms with Crippen molar-refractivity contribution in [3.8, 4) is 0 Å². The summed E-state index contributed by atoms with van der Waals surface area (Å²) >= 11 is 6.28. The van der Waals surface area contributed by atoms with Crippen molar-refractivity contribution in [3.63, 3.8) is 0 Å². The molecule has 0 radical (unpaired) electrons. The molecule has 1 amide bonds. The molecule has 2 fully saturated rings. The lowest BCUT2D eigenvalue weighted by atomic mass is 9.58. The Hall–Kier alpha value is -2.84. The topological polar surface area (TPSA) is 86.7 Å². The second kappa shape index (κ2) is 8.43. The maximum atomic E-state index is 13.9. The van der Waals surface area contributed by atoms with Crippen LogP contribution in [0.2, 0.25) is 5.02 Å². The first-order valence-electron chi connectivity index (χ1n) is 11.3. The molecule has 2 N–H and O–H groups in total. The van der Waals surface area contributed by atoms with E-state index >= 15 is 0 Å². The van der Waals surface area contributed by atoms with Gasteiger partial charge in [-0.15, -0.1) is 0 Å². The van der Waals surface area contributed by atoms with E-state index in [1.165, 1.54) is 4.90 Å². The van der Waals surface area contributed by atoms with Crippen LogP contribution < -0.4 is 10.2 Å². The van der Waals surface area contributed by atoms with Crippen molar-refractivity contribution in [1.29, 1.82) is 0 Å². The van der Waals surface area contributed by atoms with Crippen molar-refractivity contribution < 1.29 is 28.3 Å². The second-order valence-electron chi connectivity index (χ2n) is 9.39. The quantitative estimate of drug-likeness (QED) is 0.567. The number of nitrogens with one attached hydrogen (secondary N) is 1.